The van der Waals surface area contributed by atoms with E-state index in [-0.39, 0.29) is 48.9 Å². The Bertz CT molecular complexity index is 470. The Hall–Kier alpha value is 0.511. The second-order valence-electron chi connectivity index (χ2n) is 11.5. The molecule has 0 aromatic carbocycles. The summed E-state index contributed by atoms with van der Waals surface area (Å²) in [6, 6.07) is 0. The van der Waals surface area contributed by atoms with Gasteiger partial charge in [-0.3, -0.25) is 9.59 Å². The van der Waals surface area contributed by atoms with Crippen molar-refractivity contribution in [3.8, 4) is 0 Å². The minimum absolute atomic E-state index is 0. The third-order valence-corrected chi connectivity index (χ3v) is 7.49. The molecule has 0 heterocycles. The van der Waals surface area contributed by atoms with Gasteiger partial charge < -0.3 is 10.2 Å². The molecule has 0 bridgehead atoms. The molecule has 0 atom stereocenters. The first-order valence-electron chi connectivity index (χ1n) is 17.0. The molecular formula is C34H70BaO4. The SMILES string of the molecule is CCCCCCCCCCCCCCCC(=O)O.CCCCCCCCCCCCCCCCCC(=O)O.[BaH2]. The molecule has 2 N–H and O–H groups in total. The fraction of sp³-hybridized carbons (Fsp3) is 0.941. The Balaban J connectivity index is -0.000000651. The molecule has 0 fully saturated rings. The van der Waals surface area contributed by atoms with E-state index in [2.05, 4.69) is 13.8 Å². The Morgan fingerprint density at radius 2 is 0.487 bits per heavy atom. The summed E-state index contributed by atoms with van der Waals surface area (Å²) in [6.45, 7) is 4.53. The van der Waals surface area contributed by atoms with Gasteiger partial charge in [0.25, 0.3) is 0 Å². The van der Waals surface area contributed by atoms with E-state index in [1.807, 2.05) is 0 Å². The molecule has 232 valence electrons. The molecule has 0 aliphatic heterocycles. The van der Waals surface area contributed by atoms with Crippen LogP contribution >= 0.6 is 0 Å². The van der Waals surface area contributed by atoms with E-state index in [1.54, 1.807) is 0 Å². The summed E-state index contributed by atoms with van der Waals surface area (Å²) in [4.78, 5) is 20.6. The topological polar surface area (TPSA) is 74.6 Å². The van der Waals surface area contributed by atoms with Crippen LogP contribution in [0.3, 0.4) is 0 Å². The third-order valence-electron chi connectivity index (χ3n) is 7.49. The predicted molar refractivity (Wildman–Crippen MR) is 174 cm³/mol. The van der Waals surface area contributed by atoms with Crippen molar-refractivity contribution < 1.29 is 19.8 Å². The van der Waals surface area contributed by atoms with E-state index in [4.69, 9.17) is 10.2 Å². The van der Waals surface area contributed by atoms with Gasteiger partial charge in [0.2, 0.25) is 0 Å². The Morgan fingerprint density at radius 1 is 0.333 bits per heavy atom. The van der Waals surface area contributed by atoms with Gasteiger partial charge in [-0.25, -0.2) is 0 Å². The van der Waals surface area contributed by atoms with E-state index >= 15 is 0 Å². The van der Waals surface area contributed by atoms with Crippen LogP contribution in [0, 0.1) is 0 Å². The average molecular weight is 680 g/mol. The molecule has 0 aromatic rings. The Kier molecular flexibility index (Phi) is 45.8. The number of hydrogen-bond acceptors (Lipinski definition) is 2. The molecule has 4 nitrogen and oxygen atoms in total. The van der Waals surface area contributed by atoms with E-state index in [0.29, 0.717) is 12.8 Å². The van der Waals surface area contributed by atoms with Crippen LogP contribution in [0.5, 0.6) is 0 Å². The van der Waals surface area contributed by atoms with Crippen molar-refractivity contribution in [3.63, 3.8) is 0 Å². The van der Waals surface area contributed by atoms with Crippen molar-refractivity contribution in [2.75, 3.05) is 0 Å². The molecule has 0 unspecified atom stereocenters. The van der Waals surface area contributed by atoms with E-state index in [0.717, 1.165) is 25.7 Å². The number of aliphatic carboxylic acids is 2. The standard InChI is InChI=1S/C18H36O2.C16H32O2.Ba.2H/c1-2-3-4-5-6-7-8-9-10-11-12-13-14-15-16-17-18(19)20;1-2-3-4-5-6-7-8-9-10-11-12-13-14-15-16(17)18;;;/h2-17H2,1H3,(H,19,20);2-15H2,1H3,(H,17,18);;;. The van der Waals surface area contributed by atoms with Gasteiger partial charge in [0.1, 0.15) is 0 Å². The molecule has 0 aliphatic carbocycles. The van der Waals surface area contributed by atoms with Gasteiger partial charge in [-0.1, -0.05) is 181 Å². The predicted octanol–water partition coefficient (Wildman–Crippen LogP) is 11.0. The first-order valence-corrected chi connectivity index (χ1v) is 17.0. The third kappa shape index (κ3) is 48.6. The first-order chi connectivity index (χ1) is 18.5. The van der Waals surface area contributed by atoms with E-state index in [1.165, 1.54) is 154 Å². The molecule has 0 amide bonds. The second-order valence-corrected chi connectivity index (χ2v) is 11.5. The van der Waals surface area contributed by atoms with Crippen molar-refractivity contribution in [1.82, 2.24) is 0 Å². The summed E-state index contributed by atoms with van der Waals surface area (Å²) < 4.78 is 0. The van der Waals surface area contributed by atoms with E-state index in [9.17, 15) is 9.59 Å². The van der Waals surface area contributed by atoms with Crippen LogP contribution in [0.25, 0.3) is 0 Å². The van der Waals surface area contributed by atoms with Gasteiger partial charge >= 0.3 is 60.8 Å². The van der Waals surface area contributed by atoms with Crippen molar-refractivity contribution in [2.45, 2.75) is 206 Å². The van der Waals surface area contributed by atoms with Crippen LogP contribution in [-0.4, -0.2) is 71.0 Å². The van der Waals surface area contributed by atoms with Crippen LogP contribution in [-0.2, 0) is 9.59 Å². The molecule has 0 rings (SSSR count). The summed E-state index contributed by atoms with van der Waals surface area (Å²) >= 11 is 0. The Morgan fingerprint density at radius 3 is 0.641 bits per heavy atom. The molecule has 39 heavy (non-hydrogen) atoms. The Labute approximate surface area is 284 Å². The van der Waals surface area contributed by atoms with Crippen LogP contribution in [0.4, 0.5) is 0 Å². The quantitative estimate of drug-likeness (QED) is 0.0585. The van der Waals surface area contributed by atoms with Crippen molar-refractivity contribution in [2.24, 2.45) is 0 Å². The summed E-state index contributed by atoms with van der Waals surface area (Å²) in [6.07, 6.45) is 37.5. The molecule has 0 aliphatic rings. The van der Waals surface area contributed by atoms with Crippen LogP contribution in [0.1, 0.15) is 206 Å². The van der Waals surface area contributed by atoms with Crippen molar-refractivity contribution in [1.29, 1.82) is 0 Å². The summed E-state index contributed by atoms with van der Waals surface area (Å²) in [7, 11) is 0. The second kappa shape index (κ2) is 40.6. The molecule has 0 spiro atoms. The van der Waals surface area contributed by atoms with Gasteiger partial charge in [-0.15, -0.1) is 0 Å². The van der Waals surface area contributed by atoms with Gasteiger partial charge in [0.15, 0.2) is 0 Å². The number of carboxylic acid groups (broad SMARTS) is 2. The van der Waals surface area contributed by atoms with Crippen LogP contribution < -0.4 is 0 Å². The maximum atomic E-state index is 10.3. The minimum atomic E-state index is -0.655. The summed E-state index contributed by atoms with van der Waals surface area (Å²) in [5.74, 6) is -1.31. The normalized spacial score (nSPS) is 10.5. The zero-order valence-electron chi connectivity index (χ0n) is 25.9. The van der Waals surface area contributed by atoms with Gasteiger partial charge in [-0.2, -0.15) is 0 Å². The van der Waals surface area contributed by atoms with Crippen molar-refractivity contribution in [3.05, 3.63) is 0 Å². The number of rotatable bonds is 30. The fourth-order valence-electron chi connectivity index (χ4n) is 4.94. The van der Waals surface area contributed by atoms with Crippen LogP contribution in [0.15, 0.2) is 0 Å². The van der Waals surface area contributed by atoms with Gasteiger partial charge in [-0.05, 0) is 12.8 Å². The number of hydrogen-bond donors (Lipinski definition) is 2. The number of carboxylic acids is 2. The molecule has 0 saturated carbocycles. The summed E-state index contributed by atoms with van der Waals surface area (Å²) in [5, 5.41) is 17.0. The van der Waals surface area contributed by atoms with Gasteiger partial charge in [0, 0.05) is 12.8 Å². The molecule has 0 radical (unpaired) electrons. The maximum absolute atomic E-state index is 10.3. The summed E-state index contributed by atoms with van der Waals surface area (Å²) in [5.41, 5.74) is 0. The molecule has 0 saturated heterocycles. The molecule has 5 heteroatoms. The molecular weight excluding hydrogens is 610 g/mol. The van der Waals surface area contributed by atoms with Gasteiger partial charge in [0.05, 0.1) is 0 Å². The first kappa shape index (κ1) is 44.0. The van der Waals surface area contributed by atoms with Crippen molar-refractivity contribution >= 4 is 60.8 Å². The van der Waals surface area contributed by atoms with E-state index < -0.39 is 11.9 Å². The number of carbonyl (C=O) groups is 2. The van der Waals surface area contributed by atoms with Crippen LogP contribution in [0.2, 0.25) is 0 Å². The zero-order chi connectivity index (χ0) is 28.4. The molecule has 0 aromatic heterocycles. The number of unbranched alkanes of at least 4 members (excludes halogenated alkanes) is 26. The average Bonchev–Trinajstić information content (AvgIpc) is 2.89. The monoisotopic (exact) mass is 680 g/mol. The zero-order valence-corrected chi connectivity index (χ0v) is 25.9. The fourth-order valence-corrected chi connectivity index (χ4v) is 4.94.